The van der Waals surface area contributed by atoms with Crippen molar-refractivity contribution in [3.05, 3.63) is 128 Å². The molecular weight excluding hydrogens is 1120 g/mol. The van der Waals surface area contributed by atoms with Gasteiger partial charge in [-0.15, -0.1) is 68.0 Å². The minimum atomic E-state index is -1.85. The van der Waals surface area contributed by atoms with Crippen molar-refractivity contribution in [3.8, 4) is 37.7 Å². The van der Waals surface area contributed by atoms with E-state index in [0.29, 0.717) is 6.54 Å². The first kappa shape index (κ1) is 57.9. The number of nitrogens with two attached hydrogens (primary N) is 1. The summed E-state index contributed by atoms with van der Waals surface area (Å²) < 4.78 is 2.80. The number of rotatable bonds is 19. The summed E-state index contributed by atoms with van der Waals surface area (Å²) >= 11 is 13.7. The summed E-state index contributed by atoms with van der Waals surface area (Å²) in [4.78, 5) is 16.2. The Hall–Kier alpha value is -2.39. The average Bonchev–Trinajstić information content (AvgIpc) is 4.18. The molecule has 4 nitrogen and oxygen atoms in total. The number of hydrogen-bond acceptors (Lipinski definition) is 11. The Labute approximate surface area is 437 Å². The zero-order chi connectivity index (χ0) is 48.0. The van der Waals surface area contributed by atoms with Crippen molar-refractivity contribution in [2.75, 3.05) is 0 Å². The molecule has 0 amide bonds. The zero-order valence-electron chi connectivity index (χ0n) is 39.6. The van der Waals surface area contributed by atoms with Crippen LogP contribution >= 0.6 is 95.3 Å². The Balaban J connectivity index is 0.000000227. The minimum absolute atomic E-state index is 0.655. The van der Waals surface area contributed by atoms with Gasteiger partial charge in [0.05, 0.1) is 3.79 Å². The fraction of sp³-hybridized carbons (Fsp3) is 0.415. The molecule has 13 heteroatoms. The second-order valence-electron chi connectivity index (χ2n) is 16.6. The SMILES string of the molecule is CCCCCCc1ccsc1-c1ccc(C#N)s1.CCCCCCc1ccsc1-c1ccc(CN)s1.CCCCCCc1ccsc1Br.N#Cc1cccs1.[CH3][Sn]([CH3])([CH3])[c]1ccc(C#N)s1. The molecule has 0 saturated carbocycles. The van der Waals surface area contributed by atoms with Gasteiger partial charge in [-0.1, -0.05) is 84.6 Å². The molecule has 0 atom stereocenters. The van der Waals surface area contributed by atoms with Gasteiger partial charge < -0.3 is 5.73 Å². The third kappa shape index (κ3) is 21.9. The molecular formula is C53H67BrN4S7Sn. The predicted molar refractivity (Wildman–Crippen MR) is 304 cm³/mol. The van der Waals surface area contributed by atoms with Crippen molar-refractivity contribution in [1.29, 1.82) is 15.8 Å². The van der Waals surface area contributed by atoms with Crippen LogP contribution in [0.2, 0.25) is 14.8 Å². The molecule has 7 aromatic heterocycles. The van der Waals surface area contributed by atoms with Gasteiger partial charge in [0, 0.05) is 30.9 Å². The molecule has 7 heterocycles. The fourth-order valence-electron chi connectivity index (χ4n) is 6.50. The van der Waals surface area contributed by atoms with E-state index < -0.39 is 18.4 Å². The molecule has 0 saturated heterocycles. The molecule has 0 radical (unpaired) electrons. The van der Waals surface area contributed by atoms with Gasteiger partial charge in [0.1, 0.15) is 21.9 Å². The van der Waals surface area contributed by atoms with Crippen LogP contribution in [0.15, 0.2) is 92.0 Å². The van der Waals surface area contributed by atoms with E-state index in [1.54, 1.807) is 51.4 Å². The molecule has 0 aliphatic rings. The van der Waals surface area contributed by atoms with Gasteiger partial charge in [-0.05, 0) is 141 Å². The van der Waals surface area contributed by atoms with Gasteiger partial charge >= 0.3 is 75.8 Å². The molecule has 7 aromatic rings. The second-order valence-corrected chi connectivity index (χ2v) is 40.3. The third-order valence-electron chi connectivity index (χ3n) is 10.2. The van der Waals surface area contributed by atoms with Crippen molar-refractivity contribution < 1.29 is 0 Å². The van der Waals surface area contributed by atoms with Crippen LogP contribution in [0.25, 0.3) is 19.5 Å². The van der Waals surface area contributed by atoms with Crippen LogP contribution in [0.1, 0.15) is 134 Å². The van der Waals surface area contributed by atoms with E-state index in [0.717, 1.165) is 14.6 Å². The van der Waals surface area contributed by atoms with E-state index in [9.17, 15) is 0 Å². The van der Waals surface area contributed by atoms with Crippen LogP contribution in [0.4, 0.5) is 0 Å². The molecule has 0 fully saturated rings. The Morgan fingerprint density at radius 3 is 1.38 bits per heavy atom. The summed E-state index contributed by atoms with van der Waals surface area (Å²) in [6.45, 7) is 7.41. The van der Waals surface area contributed by atoms with E-state index in [-0.39, 0.29) is 0 Å². The quantitative estimate of drug-likeness (QED) is 0.0644. The van der Waals surface area contributed by atoms with Crippen molar-refractivity contribution >= 4 is 117 Å². The first-order chi connectivity index (χ1) is 32.0. The van der Waals surface area contributed by atoms with Crippen molar-refractivity contribution in [2.45, 2.75) is 138 Å². The van der Waals surface area contributed by atoms with E-state index in [1.165, 1.54) is 155 Å². The normalized spacial score (nSPS) is 10.4. The molecule has 0 bridgehead atoms. The van der Waals surface area contributed by atoms with Crippen molar-refractivity contribution in [2.24, 2.45) is 5.73 Å². The molecule has 2 N–H and O–H groups in total. The summed E-state index contributed by atoms with van der Waals surface area (Å²) in [5.41, 5.74) is 10.1. The average molecular weight is 1180 g/mol. The molecule has 352 valence electrons. The number of unbranched alkanes of at least 4 members (excludes halogenated alkanes) is 9. The summed E-state index contributed by atoms with van der Waals surface area (Å²) in [5.74, 6) is 0. The molecule has 0 spiro atoms. The van der Waals surface area contributed by atoms with Gasteiger partial charge in [-0.2, -0.15) is 10.5 Å². The Morgan fingerprint density at radius 1 is 0.500 bits per heavy atom. The fourth-order valence-corrected chi connectivity index (χ4v) is 18.4. The number of aryl methyl sites for hydroxylation is 3. The van der Waals surface area contributed by atoms with E-state index in [4.69, 9.17) is 21.5 Å². The van der Waals surface area contributed by atoms with Crippen LogP contribution in [0.5, 0.6) is 0 Å². The summed E-state index contributed by atoms with van der Waals surface area (Å²) in [5, 5.41) is 34.1. The van der Waals surface area contributed by atoms with Gasteiger partial charge in [0.15, 0.2) is 0 Å². The molecule has 0 aliphatic carbocycles. The van der Waals surface area contributed by atoms with E-state index >= 15 is 0 Å². The summed E-state index contributed by atoms with van der Waals surface area (Å²) in [6.07, 6.45) is 19.6. The Morgan fingerprint density at radius 2 is 0.985 bits per heavy atom. The number of nitrogens with zero attached hydrogens (tertiary/aromatic N) is 3. The maximum absolute atomic E-state index is 8.88. The molecule has 7 rings (SSSR count). The van der Waals surface area contributed by atoms with Crippen LogP contribution in [-0.2, 0) is 25.8 Å². The monoisotopic (exact) mass is 1180 g/mol. The maximum atomic E-state index is 8.88. The second kappa shape index (κ2) is 34.0. The van der Waals surface area contributed by atoms with Crippen LogP contribution < -0.4 is 8.63 Å². The van der Waals surface area contributed by atoms with Crippen LogP contribution in [0.3, 0.4) is 0 Å². The first-order valence-corrected chi connectivity index (χ1v) is 39.8. The Bertz CT molecular complexity index is 2450. The van der Waals surface area contributed by atoms with Crippen LogP contribution in [-0.4, -0.2) is 18.4 Å². The molecule has 0 aromatic carbocycles. The van der Waals surface area contributed by atoms with Gasteiger partial charge in [-0.3, -0.25) is 0 Å². The van der Waals surface area contributed by atoms with E-state index in [1.807, 2.05) is 52.3 Å². The zero-order valence-corrected chi connectivity index (χ0v) is 49.8. The molecule has 0 aliphatic heterocycles. The predicted octanol–water partition coefficient (Wildman–Crippen LogP) is 18.9. The van der Waals surface area contributed by atoms with Gasteiger partial charge in [-0.25, -0.2) is 0 Å². The van der Waals surface area contributed by atoms with Crippen LogP contribution in [0, 0.1) is 34.0 Å². The summed E-state index contributed by atoms with van der Waals surface area (Å²) in [6, 6.07) is 29.2. The van der Waals surface area contributed by atoms with E-state index in [2.05, 4.69) is 122 Å². The van der Waals surface area contributed by atoms with Gasteiger partial charge in [0.25, 0.3) is 0 Å². The topological polar surface area (TPSA) is 97.4 Å². The molecule has 66 heavy (non-hydrogen) atoms. The first-order valence-electron chi connectivity index (χ1n) is 23.1. The molecule has 0 unspecified atom stereocenters. The van der Waals surface area contributed by atoms with Crippen molar-refractivity contribution in [1.82, 2.24) is 0 Å². The number of nitriles is 3. The summed E-state index contributed by atoms with van der Waals surface area (Å²) in [7, 11) is 0. The Kier molecular flexibility index (Phi) is 29.8. The number of halogens is 1. The number of thiophene rings is 7. The number of hydrogen-bond donors (Lipinski definition) is 1. The third-order valence-corrected chi connectivity index (χ3v) is 27.6. The standard InChI is InChI=1S/C15H21NS2.C15H17NS2.C10H15BrS.C5H3NS.C5H2NS.3CH3.Sn/c2*1-2-3-4-5-6-12-9-10-17-15(12)14-8-7-13(11-16)18-14;1-2-3-4-5-6-9-7-8-12-10(9)11;2*6-4-5-2-1-3-7-5;;;;/h7-10H,2-6,11,16H2,1H3;7-10H,2-6H2,1H3;7-8H,2-6H2,1H3;1-3H;1-2H;3*1H3;. The van der Waals surface area contributed by atoms with Gasteiger partial charge in [0.2, 0.25) is 0 Å². The van der Waals surface area contributed by atoms with Crippen molar-refractivity contribution in [3.63, 3.8) is 0 Å².